The number of aliphatic imine (C=N–C) groups is 1. The minimum atomic E-state index is -3.44. The van der Waals surface area contributed by atoms with Crippen LogP contribution in [0.4, 0.5) is 5.69 Å². The lowest BCUT2D eigenvalue weighted by Gasteiger charge is -2.06. The van der Waals surface area contributed by atoms with Gasteiger partial charge in [-0.05, 0) is 23.6 Å². The first kappa shape index (κ1) is 15.5. The molecule has 0 saturated heterocycles. The van der Waals surface area contributed by atoms with Crippen LogP contribution < -0.4 is 15.8 Å². The van der Waals surface area contributed by atoms with E-state index in [9.17, 15) is 8.42 Å². The zero-order chi connectivity index (χ0) is 15.1. The van der Waals surface area contributed by atoms with Gasteiger partial charge < -0.3 is 11.1 Å². The topological polar surface area (TPSA) is 96.6 Å². The smallest absolute Gasteiger partial charge is 0.250 e. The normalized spacial score (nSPS) is 12.3. The molecular formula is C13H16N4O2S2. The van der Waals surface area contributed by atoms with Gasteiger partial charge in [-0.15, -0.1) is 11.3 Å². The van der Waals surface area contributed by atoms with Crippen molar-refractivity contribution in [3.05, 3.63) is 47.8 Å². The predicted octanol–water partition coefficient (Wildman–Crippen LogP) is 1.45. The Labute approximate surface area is 127 Å². The molecule has 1 aromatic carbocycles. The second-order valence-corrected chi connectivity index (χ2v) is 7.03. The van der Waals surface area contributed by atoms with E-state index in [0.717, 1.165) is 5.69 Å². The number of anilines is 1. The third-order valence-electron chi connectivity index (χ3n) is 2.49. The number of nitrogens with one attached hydrogen (secondary N) is 2. The number of thiophene rings is 1. The van der Waals surface area contributed by atoms with Gasteiger partial charge in [0, 0.05) is 12.2 Å². The molecule has 0 amide bonds. The van der Waals surface area contributed by atoms with E-state index in [2.05, 4.69) is 15.0 Å². The number of hydrogen-bond acceptors (Lipinski definition) is 4. The molecule has 1 heterocycles. The monoisotopic (exact) mass is 324 g/mol. The van der Waals surface area contributed by atoms with Crippen LogP contribution in [0.3, 0.4) is 0 Å². The van der Waals surface area contributed by atoms with Crippen LogP contribution in [0.15, 0.2) is 57.0 Å². The van der Waals surface area contributed by atoms with Gasteiger partial charge in [0.15, 0.2) is 5.96 Å². The molecule has 0 aliphatic heterocycles. The SMILES string of the molecule is NC(=NCCNS(=O)(=O)c1cccs1)Nc1ccccc1. The molecule has 112 valence electrons. The maximum atomic E-state index is 11.8. The Morgan fingerprint density at radius 1 is 1.19 bits per heavy atom. The molecule has 0 radical (unpaired) electrons. The first-order valence-electron chi connectivity index (χ1n) is 6.23. The van der Waals surface area contributed by atoms with Crippen LogP contribution in [0.2, 0.25) is 0 Å². The molecule has 8 heteroatoms. The highest BCUT2D eigenvalue weighted by Crippen LogP contribution is 2.14. The fraction of sp³-hybridized carbons (Fsp3) is 0.154. The average Bonchev–Trinajstić information content (AvgIpc) is 3.00. The highest BCUT2D eigenvalue weighted by molar-refractivity contribution is 7.91. The van der Waals surface area contributed by atoms with Gasteiger partial charge in [-0.2, -0.15) is 0 Å². The molecule has 1 aromatic heterocycles. The lowest BCUT2D eigenvalue weighted by atomic mass is 10.3. The summed E-state index contributed by atoms with van der Waals surface area (Å²) >= 11 is 1.17. The molecule has 0 aliphatic carbocycles. The minimum absolute atomic E-state index is 0.192. The molecule has 4 N–H and O–H groups in total. The lowest BCUT2D eigenvalue weighted by Crippen LogP contribution is -2.28. The zero-order valence-corrected chi connectivity index (χ0v) is 12.8. The molecule has 6 nitrogen and oxygen atoms in total. The quantitative estimate of drug-likeness (QED) is 0.426. The highest BCUT2D eigenvalue weighted by Gasteiger charge is 2.13. The van der Waals surface area contributed by atoms with Crippen molar-refractivity contribution in [3.8, 4) is 0 Å². The van der Waals surface area contributed by atoms with Crippen molar-refractivity contribution < 1.29 is 8.42 Å². The number of sulfonamides is 1. The number of benzene rings is 1. The Kier molecular flexibility index (Phi) is 5.32. The van der Waals surface area contributed by atoms with Crippen LogP contribution in [0.25, 0.3) is 0 Å². The van der Waals surface area contributed by atoms with Crippen LogP contribution in [0.5, 0.6) is 0 Å². The number of hydrogen-bond donors (Lipinski definition) is 3. The van der Waals surface area contributed by atoms with Crippen LogP contribution >= 0.6 is 11.3 Å². The largest absolute Gasteiger partial charge is 0.370 e. The molecule has 0 atom stereocenters. The third-order valence-corrected chi connectivity index (χ3v) is 5.35. The summed E-state index contributed by atoms with van der Waals surface area (Å²) in [6.07, 6.45) is 0. The summed E-state index contributed by atoms with van der Waals surface area (Å²) in [5.74, 6) is 0.247. The van der Waals surface area contributed by atoms with Gasteiger partial charge in [0.1, 0.15) is 4.21 Å². The van der Waals surface area contributed by atoms with Gasteiger partial charge in [-0.3, -0.25) is 4.99 Å². The number of nitrogens with two attached hydrogens (primary N) is 1. The van der Waals surface area contributed by atoms with E-state index < -0.39 is 10.0 Å². The number of rotatable bonds is 6. The van der Waals surface area contributed by atoms with E-state index in [1.807, 2.05) is 30.3 Å². The van der Waals surface area contributed by atoms with Crippen molar-refractivity contribution in [2.24, 2.45) is 10.7 Å². The molecule has 0 bridgehead atoms. The van der Waals surface area contributed by atoms with Crippen LogP contribution in [-0.4, -0.2) is 27.5 Å². The molecule has 2 rings (SSSR count). The molecule has 0 spiro atoms. The van der Waals surface area contributed by atoms with Crippen molar-refractivity contribution >= 4 is 33.0 Å². The Morgan fingerprint density at radius 2 is 1.95 bits per heavy atom. The van der Waals surface area contributed by atoms with E-state index in [0.29, 0.717) is 4.21 Å². The Morgan fingerprint density at radius 3 is 2.62 bits per heavy atom. The Balaban J connectivity index is 1.80. The average molecular weight is 324 g/mol. The van der Waals surface area contributed by atoms with E-state index in [-0.39, 0.29) is 19.0 Å². The summed E-state index contributed by atoms with van der Waals surface area (Å²) in [4.78, 5) is 4.06. The zero-order valence-electron chi connectivity index (χ0n) is 11.2. The van der Waals surface area contributed by atoms with E-state index in [1.54, 1.807) is 17.5 Å². The van der Waals surface area contributed by atoms with Gasteiger partial charge in [0.2, 0.25) is 10.0 Å². The maximum Gasteiger partial charge on any atom is 0.250 e. The summed E-state index contributed by atoms with van der Waals surface area (Å²) in [6, 6.07) is 12.6. The second kappa shape index (κ2) is 7.21. The third kappa shape index (κ3) is 4.85. The van der Waals surface area contributed by atoms with Gasteiger partial charge >= 0.3 is 0 Å². The van der Waals surface area contributed by atoms with Gasteiger partial charge in [-0.1, -0.05) is 24.3 Å². The lowest BCUT2D eigenvalue weighted by molar-refractivity contribution is 0.584. The number of guanidine groups is 1. The summed E-state index contributed by atoms with van der Waals surface area (Å²) < 4.78 is 26.4. The molecule has 0 aliphatic rings. The molecular weight excluding hydrogens is 308 g/mol. The molecule has 0 fully saturated rings. The summed E-state index contributed by atoms with van der Waals surface area (Å²) in [7, 11) is -3.44. The standard InChI is InChI=1S/C13H16N4O2S2/c14-13(17-11-5-2-1-3-6-11)15-8-9-16-21(18,19)12-7-4-10-20-12/h1-7,10,16H,8-9H2,(H3,14,15,17). The van der Waals surface area contributed by atoms with Crippen molar-refractivity contribution in [2.75, 3.05) is 18.4 Å². The molecule has 0 saturated carbocycles. The molecule has 2 aromatic rings. The van der Waals surface area contributed by atoms with Crippen molar-refractivity contribution in [3.63, 3.8) is 0 Å². The van der Waals surface area contributed by atoms with Crippen molar-refractivity contribution in [2.45, 2.75) is 4.21 Å². The summed E-state index contributed by atoms with van der Waals surface area (Å²) in [6.45, 7) is 0.452. The van der Waals surface area contributed by atoms with Gasteiger partial charge in [-0.25, -0.2) is 13.1 Å². The van der Waals surface area contributed by atoms with Crippen LogP contribution in [-0.2, 0) is 10.0 Å². The van der Waals surface area contributed by atoms with Gasteiger partial charge in [0.25, 0.3) is 0 Å². The second-order valence-electron chi connectivity index (χ2n) is 4.09. The van der Waals surface area contributed by atoms with Gasteiger partial charge in [0.05, 0.1) is 6.54 Å². The maximum absolute atomic E-state index is 11.8. The summed E-state index contributed by atoms with van der Waals surface area (Å²) in [5.41, 5.74) is 6.55. The first-order valence-corrected chi connectivity index (χ1v) is 8.59. The molecule has 0 unspecified atom stereocenters. The molecule has 21 heavy (non-hydrogen) atoms. The van der Waals surface area contributed by atoms with E-state index in [4.69, 9.17) is 5.73 Å². The summed E-state index contributed by atoms with van der Waals surface area (Å²) in [5, 5.41) is 4.64. The Bertz CT molecular complexity index is 682. The minimum Gasteiger partial charge on any atom is -0.370 e. The number of nitrogens with zero attached hydrogens (tertiary/aromatic N) is 1. The van der Waals surface area contributed by atoms with E-state index in [1.165, 1.54) is 11.3 Å². The fourth-order valence-corrected chi connectivity index (χ4v) is 3.61. The van der Waals surface area contributed by atoms with Crippen LogP contribution in [0, 0.1) is 0 Å². The van der Waals surface area contributed by atoms with Crippen molar-refractivity contribution in [1.29, 1.82) is 0 Å². The first-order chi connectivity index (χ1) is 10.1. The van der Waals surface area contributed by atoms with Crippen LogP contribution in [0.1, 0.15) is 0 Å². The fourth-order valence-electron chi connectivity index (χ4n) is 1.55. The highest BCUT2D eigenvalue weighted by atomic mass is 32.2. The van der Waals surface area contributed by atoms with Crippen molar-refractivity contribution in [1.82, 2.24) is 4.72 Å². The number of para-hydroxylation sites is 1. The Hall–Kier alpha value is -1.90. The van der Waals surface area contributed by atoms with E-state index >= 15 is 0 Å². The predicted molar refractivity (Wildman–Crippen MR) is 86.1 cm³/mol.